The molecular formula is C18H20N4. The van der Waals surface area contributed by atoms with Crippen molar-refractivity contribution in [1.82, 2.24) is 19.9 Å². The molecule has 4 heteroatoms. The van der Waals surface area contributed by atoms with Gasteiger partial charge in [-0.2, -0.15) is 0 Å². The standard InChI is InChI=1S/C18H20N4/c1-2-8-17-16(7-1)20-13-22(17)18-9-3-6-15(21-18)11-14-5-4-10-19-12-14/h1-3,6-9,13-14,19H,4-5,10-12H2/t14-/m1/s1. The van der Waals surface area contributed by atoms with E-state index in [4.69, 9.17) is 4.98 Å². The normalized spacial score (nSPS) is 18.6. The number of fused-ring (bicyclic) bond motifs is 1. The molecule has 3 aromatic rings. The van der Waals surface area contributed by atoms with Crippen LogP contribution in [0.15, 0.2) is 48.8 Å². The van der Waals surface area contributed by atoms with E-state index in [-0.39, 0.29) is 0 Å². The molecule has 0 unspecified atom stereocenters. The summed E-state index contributed by atoms with van der Waals surface area (Å²) in [5.74, 6) is 1.66. The lowest BCUT2D eigenvalue weighted by Gasteiger charge is -2.22. The molecule has 0 saturated carbocycles. The fourth-order valence-electron chi connectivity index (χ4n) is 3.25. The number of imidazole rings is 1. The number of rotatable bonds is 3. The number of hydrogen-bond acceptors (Lipinski definition) is 3. The zero-order chi connectivity index (χ0) is 14.8. The highest BCUT2D eigenvalue weighted by molar-refractivity contribution is 5.76. The first-order valence-electron chi connectivity index (χ1n) is 7.99. The third kappa shape index (κ3) is 2.62. The summed E-state index contributed by atoms with van der Waals surface area (Å²) in [4.78, 5) is 9.31. The molecule has 1 aliphatic rings. The average Bonchev–Trinajstić information content (AvgIpc) is 3.00. The van der Waals surface area contributed by atoms with E-state index in [1.54, 1.807) is 0 Å². The van der Waals surface area contributed by atoms with Crippen LogP contribution in [0.3, 0.4) is 0 Å². The van der Waals surface area contributed by atoms with Crippen LogP contribution in [0, 0.1) is 5.92 Å². The van der Waals surface area contributed by atoms with Crippen molar-refractivity contribution in [2.45, 2.75) is 19.3 Å². The molecule has 1 aliphatic heterocycles. The van der Waals surface area contributed by atoms with Gasteiger partial charge < -0.3 is 5.32 Å². The minimum Gasteiger partial charge on any atom is -0.316 e. The smallest absolute Gasteiger partial charge is 0.138 e. The van der Waals surface area contributed by atoms with Crippen LogP contribution < -0.4 is 5.32 Å². The van der Waals surface area contributed by atoms with Crippen molar-refractivity contribution in [2.75, 3.05) is 13.1 Å². The lowest BCUT2D eigenvalue weighted by molar-refractivity contribution is 0.373. The van der Waals surface area contributed by atoms with Crippen molar-refractivity contribution in [2.24, 2.45) is 5.92 Å². The Morgan fingerprint density at radius 3 is 3.00 bits per heavy atom. The SMILES string of the molecule is c1cc(C[C@H]2CCCNC2)nc(-n2cnc3ccccc32)c1. The number of nitrogens with one attached hydrogen (secondary N) is 1. The minimum absolute atomic E-state index is 0.705. The summed E-state index contributed by atoms with van der Waals surface area (Å²) in [5.41, 5.74) is 3.28. The number of piperidine rings is 1. The summed E-state index contributed by atoms with van der Waals surface area (Å²) in [6.07, 6.45) is 5.48. The van der Waals surface area contributed by atoms with E-state index in [9.17, 15) is 0 Å². The Balaban J connectivity index is 1.63. The summed E-state index contributed by atoms with van der Waals surface area (Å²) in [6, 6.07) is 14.5. The van der Waals surface area contributed by atoms with Crippen molar-refractivity contribution < 1.29 is 0 Å². The minimum atomic E-state index is 0.705. The summed E-state index contributed by atoms with van der Waals surface area (Å²) in [5, 5.41) is 3.48. The van der Waals surface area contributed by atoms with Gasteiger partial charge in [-0.15, -0.1) is 0 Å². The lowest BCUT2D eigenvalue weighted by atomic mass is 9.94. The molecule has 4 rings (SSSR count). The third-order valence-electron chi connectivity index (χ3n) is 4.39. The topological polar surface area (TPSA) is 42.7 Å². The molecule has 22 heavy (non-hydrogen) atoms. The van der Waals surface area contributed by atoms with E-state index < -0.39 is 0 Å². The predicted octanol–water partition coefficient (Wildman–Crippen LogP) is 2.96. The van der Waals surface area contributed by atoms with Crippen LogP contribution in [0.25, 0.3) is 16.9 Å². The largest absolute Gasteiger partial charge is 0.316 e. The van der Waals surface area contributed by atoms with E-state index in [0.29, 0.717) is 5.92 Å². The maximum Gasteiger partial charge on any atom is 0.138 e. The first kappa shape index (κ1) is 13.5. The molecule has 1 fully saturated rings. The first-order chi connectivity index (χ1) is 10.9. The molecule has 3 heterocycles. The fourth-order valence-corrected chi connectivity index (χ4v) is 3.25. The second-order valence-corrected chi connectivity index (χ2v) is 6.01. The summed E-state index contributed by atoms with van der Waals surface area (Å²) < 4.78 is 2.07. The molecule has 0 radical (unpaired) electrons. The first-order valence-corrected chi connectivity index (χ1v) is 7.99. The van der Waals surface area contributed by atoms with Crippen LogP contribution in [0.4, 0.5) is 0 Å². The molecule has 2 aromatic heterocycles. The Morgan fingerprint density at radius 2 is 2.09 bits per heavy atom. The summed E-state index contributed by atoms with van der Waals surface area (Å²) in [6.45, 7) is 2.27. The van der Waals surface area contributed by atoms with Crippen molar-refractivity contribution >= 4 is 11.0 Å². The van der Waals surface area contributed by atoms with E-state index in [0.717, 1.165) is 36.4 Å². The van der Waals surface area contributed by atoms with Gasteiger partial charge in [-0.3, -0.25) is 4.57 Å². The molecule has 1 aromatic carbocycles. The molecule has 4 nitrogen and oxygen atoms in total. The van der Waals surface area contributed by atoms with E-state index >= 15 is 0 Å². The van der Waals surface area contributed by atoms with Gasteiger partial charge >= 0.3 is 0 Å². The number of para-hydroxylation sites is 2. The quantitative estimate of drug-likeness (QED) is 0.807. The Labute approximate surface area is 130 Å². The molecule has 1 saturated heterocycles. The van der Waals surface area contributed by atoms with Gasteiger partial charge in [0.1, 0.15) is 12.1 Å². The Kier molecular flexibility index (Phi) is 3.60. The molecule has 0 amide bonds. The van der Waals surface area contributed by atoms with Crippen LogP contribution in [-0.4, -0.2) is 27.6 Å². The predicted molar refractivity (Wildman–Crippen MR) is 88.2 cm³/mol. The van der Waals surface area contributed by atoms with Crippen LogP contribution in [-0.2, 0) is 6.42 Å². The van der Waals surface area contributed by atoms with Gasteiger partial charge in [0.15, 0.2) is 0 Å². The Bertz CT molecular complexity index is 771. The second kappa shape index (κ2) is 5.89. The summed E-state index contributed by atoms with van der Waals surface area (Å²) >= 11 is 0. The monoisotopic (exact) mass is 292 g/mol. The van der Waals surface area contributed by atoms with E-state index in [2.05, 4.69) is 39.1 Å². The summed E-state index contributed by atoms with van der Waals surface area (Å²) in [7, 11) is 0. The molecular weight excluding hydrogens is 272 g/mol. The lowest BCUT2D eigenvalue weighted by Crippen LogP contribution is -2.31. The maximum atomic E-state index is 4.85. The van der Waals surface area contributed by atoms with E-state index in [1.807, 2.05) is 24.5 Å². The molecule has 1 N–H and O–H groups in total. The van der Waals surface area contributed by atoms with E-state index in [1.165, 1.54) is 18.5 Å². The number of benzene rings is 1. The zero-order valence-electron chi connectivity index (χ0n) is 12.6. The highest BCUT2D eigenvalue weighted by atomic mass is 15.1. The highest BCUT2D eigenvalue weighted by Crippen LogP contribution is 2.19. The Morgan fingerprint density at radius 1 is 1.14 bits per heavy atom. The van der Waals surface area contributed by atoms with Gasteiger partial charge in [0.25, 0.3) is 0 Å². The fraction of sp³-hybridized carbons (Fsp3) is 0.333. The van der Waals surface area contributed by atoms with Crippen molar-refractivity contribution in [3.05, 3.63) is 54.5 Å². The third-order valence-corrected chi connectivity index (χ3v) is 4.39. The molecule has 0 spiro atoms. The van der Waals surface area contributed by atoms with Crippen molar-refractivity contribution in [3.63, 3.8) is 0 Å². The van der Waals surface area contributed by atoms with Gasteiger partial charge in [0, 0.05) is 5.69 Å². The van der Waals surface area contributed by atoms with Gasteiger partial charge in [0.05, 0.1) is 11.0 Å². The van der Waals surface area contributed by atoms with Crippen molar-refractivity contribution in [1.29, 1.82) is 0 Å². The Hall–Kier alpha value is -2.20. The molecule has 112 valence electrons. The zero-order valence-corrected chi connectivity index (χ0v) is 12.6. The van der Waals surface area contributed by atoms with Crippen LogP contribution >= 0.6 is 0 Å². The van der Waals surface area contributed by atoms with Gasteiger partial charge in [0.2, 0.25) is 0 Å². The van der Waals surface area contributed by atoms with Crippen LogP contribution in [0.2, 0.25) is 0 Å². The molecule has 0 bridgehead atoms. The highest BCUT2D eigenvalue weighted by Gasteiger charge is 2.14. The van der Waals surface area contributed by atoms with Gasteiger partial charge in [-0.25, -0.2) is 9.97 Å². The van der Waals surface area contributed by atoms with Crippen LogP contribution in [0.1, 0.15) is 18.5 Å². The van der Waals surface area contributed by atoms with Crippen LogP contribution in [0.5, 0.6) is 0 Å². The van der Waals surface area contributed by atoms with Gasteiger partial charge in [-0.05, 0) is 62.5 Å². The number of hydrogen-bond donors (Lipinski definition) is 1. The van der Waals surface area contributed by atoms with Crippen molar-refractivity contribution in [3.8, 4) is 5.82 Å². The number of pyridine rings is 1. The number of aromatic nitrogens is 3. The molecule has 0 aliphatic carbocycles. The average molecular weight is 292 g/mol. The van der Waals surface area contributed by atoms with Gasteiger partial charge in [-0.1, -0.05) is 18.2 Å². The number of nitrogens with zero attached hydrogens (tertiary/aromatic N) is 3. The second-order valence-electron chi connectivity index (χ2n) is 6.01. The molecule has 1 atom stereocenters. The maximum absolute atomic E-state index is 4.85.